The van der Waals surface area contributed by atoms with E-state index in [0.717, 1.165) is 0 Å². The molecule has 7 nitrogen and oxygen atoms in total. The number of benzene rings is 2. The van der Waals surface area contributed by atoms with Crippen LogP contribution in [0, 0.1) is 0 Å². The van der Waals surface area contributed by atoms with Gasteiger partial charge in [-0.3, -0.25) is 4.79 Å². The second kappa shape index (κ2) is 8.15. The van der Waals surface area contributed by atoms with Gasteiger partial charge in [0.1, 0.15) is 12.4 Å². The molecule has 0 fully saturated rings. The van der Waals surface area contributed by atoms with Crippen molar-refractivity contribution in [3.8, 4) is 16.9 Å². The molecular formula is C24H25ClN2O5. The van der Waals surface area contributed by atoms with E-state index in [2.05, 4.69) is 5.32 Å². The van der Waals surface area contributed by atoms with Crippen molar-refractivity contribution in [3.63, 3.8) is 0 Å². The summed E-state index contributed by atoms with van der Waals surface area (Å²) in [6.45, 7) is 6.44. The number of rotatable bonds is 4. The summed E-state index contributed by atoms with van der Waals surface area (Å²) in [5.41, 5.74) is 0.932. The molecular weight excluding hydrogens is 432 g/mol. The molecule has 1 unspecified atom stereocenters. The molecule has 0 amide bonds. The number of carbonyl (C=O) groups is 1. The van der Waals surface area contributed by atoms with E-state index in [1.54, 1.807) is 58.2 Å². The Morgan fingerprint density at radius 2 is 1.91 bits per heavy atom. The van der Waals surface area contributed by atoms with Crippen molar-refractivity contribution in [1.29, 1.82) is 0 Å². The van der Waals surface area contributed by atoms with E-state index in [1.807, 2.05) is 6.07 Å². The molecule has 1 atom stereocenters. The maximum Gasteiger partial charge on any atom is 0.339 e. The van der Waals surface area contributed by atoms with Crippen LogP contribution in [-0.4, -0.2) is 34.4 Å². The molecule has 8 heteroatoms. The molecule has 0 saturated carbocycles. The van der Waals surface area contributed by atoms with E-state index in [1.165, 1.54) is 4.57 Å². The molecule has 2 aromatic carbocycles. The van der Waals surface area contributed by atoms with Crippen molar-refractivity contribution < 1.29 is 19.4 Å². The molecule has 1 aliphatic rings. The van der Waals surface area contributed by atoms with Gasteiger partial charge in [0.05, 0.1) is 22.0 Å². The zero-order chi connectivity index (χ0) is 23.2. The van der Waals surface area contributed by atoms with E-state index in [4.69, 9.17) is 21.1 Å². The summed E-state index contributed by atoms with van der Waals surface area (Å²) in [6.07, 6.45) is -1.39. The minimum atomic E-state index is -1.39. The van der Waals surface area contributed by atoms with Crippen LogP contribution in [0.25, 0.3) is 21.9 Å². The Labute approximate surface area is 190 Å². The van der Waals surface area contributed by atoms with Crippen molar-refractivity contribution in [2.24, 2.45) is 7.05 Å². The summed E-state index contributed by atoms with van der Waals surface area (Å²) in [7, 11) is 1.56. The number of hydrogen-bond donors (Lipinski definition) is 2. The number of fused-ring (bicyclic) bond motifs is 2. The number of nitrogens with zero attached hydrogens (tertiary/aromatic N) is 1. The third-order valence-electron chi connectivity index (χ3n) is 5.33. The summed E-state index contributed by atoms with van der Waals surface area (Å²) in [6, 6.07) is 10.7. The zero-order valence-corrected chi connectivity index (χ0v) is 19.1. The quantitative estimate of drug-likeness (QED) is 0.596. The van der Waals surface area contributed by atoms with Crippen LogP contribution in [0.15, 0.2) is 41.2 Å². The summed E-state index contributed by atoms with van der Waals surface area (Å²) in [5.74, 6) is -0.566. The van der Waals surface area contributed by atoms with E-state index < -0.39 is 17.7 Å². The predicted octanol–water partition coefficient (Wildman–Crippen LogP) is 4.60. The minimum Gasteiger partial charge on any atom is -0.490 e. The van der Waals surface area contributed by atoms with E-state index in [9.17, 15) is 14.7 Å². The number of aliphatic carboxylic acids is 1. The molecule has 168 valence electrons. The molecule has 0 aliphatic carbocycles. The standard InChI is InChI=1S/C24H25ClN2O5/c1-24(2,3)32-21(23(29)30)20-17(13-7-5-6-8-14(13)22(28)27(20)4)15-9-10-16-19(18(15)25)26-11-12-31-16/h5-10,21,26H,11-12H2,1-4H3,(H,29,30). The highest BCUT2D eigenvalue weighted by Crippen LogP contribution is 2.45. The van der Waals surface area contributed by atoms with Crippen LogP contribution in [0.1, 0.15) is 32.6 Å². The van der Waals surface area contributed by atoms with Gasteiger partial charge in [0.2, 0.25) is 0 Å². The fourth-order valence-corrected chi connectivity index (χ4v) is 4.34. The molecule has 0 saturated heterocycles. The second-order valence-electron chi connectivity index (χ2n) is 8.69. The maximum atomic E-state index is 13.2. The number of halogens is 1. The number of nitrogens with one attached hydrogen (secondary N) is 1. The number of ether oxygens (including phenoxy) is 2. The highest BCUT2D eigenvalue weighted by Gasteiger charge is 2.34. The fourth-order valence-electron chi connectivity index (χ4n) is 4.02. The van der Waals surface area contributed by atoms with Crippen molar-refractivity contribution in [2.75, 3.05) is 18.5 Å². The Balaban J connectivity index is 2.12. The van der Waals surface area contributed by atoms with Gasteiger partial charge < -0.3 is 24.5 Å². The average molecular weight is 457 g/mol. The molecule has 1 aliphatic heterocycles. The maximum absolute atomic E-state index is 13.2. The third kappa shape index (κ3) is 3.82. The van der Waals surface area contributed by atoms with Crippen molar-refractivity contribution in [1.82, 2.24) is 4.57 Å². The minimum absolute atomic E-state index is 0.231. The monoisotopic (exact) mass is 456 g/mol. The summed E-state index contributed by atoms with van der Waals surface area (Å²) in [5, 5.41) is 14.8. The number of carboxylic acid groups (broad SMARTS) is 1. The molecule has 2 heterocycles. The average Bonchev–Trinajstić information content (AvgIpc) is 2.75. The van der Waals surface area contributed by atoms with Crippen LogP contribution < -0.4 is 15.6 Å². The Hall–Kier alpha value is -3.03. The highest BCUT2D eigenvalue weighted by atomic mass is 35.5. The lowest BCUT2D eigenvalue weighted by atomic mass is 9.93. The van der Waals surface area contributed by atoms with Gasteiger partial charge in [-0.05, 0) is 44.4 Å². The number of aromatic nitrogens is 1. The van der Waals surface area contributed by atoms with E-state index >= 15 is 0 Å². The molecule has 3 aromatic rings. The van der Waals surface area contributed by atoms with Crippen molar-refractivity contribution in [2.45, 2.75) is 32.5 Å². The zero-order valence-electron chi connectivity index (χ0n) is 18.4. The molecule has 32 heavy (non-hydrogen) atoms. The first-order valence-electron chi connectivity index (χ1n) is 10.3. The molecule has 4 rings (SSSR count). The van der Waals surface area contributed by atoms with Crippen molar-refractivity contribution >= 4 is 34.0 Å². The van der Waals surface area contributed by atoms with Gasteiger partial charge in [0.25, 0.3) is 5.56 Å². The lowest BCUT2D eigenvalue weighted by Gasteiger charge is -2.29. The lowest BCUT2D eigenvalue weighted by Crippen LogP contribution is -2.33. The Morgan fingerprint density at radius 1 is 1.22 bits per heavy atom. The molecule has 0 radical (unpaired) electrons. The number of pyridine rings is 1. The van der Waals surface area contributed by atoms with Crippen LogP contribution in [0.5, 0.6) is 5.75 Å². The van der Waals surface area contributed by atoms with Crippen LogP contribution in [0.3, 0.4) is 0 Å². The van der Waals surface area contributed by atoms with Gasteiger partial charge in [0.15, 0.2) is 6.10 Å². The van der Waals surface area contributed by atoms with E-state index in [-0.39, 0.29) is 11.3 Å². The first kappa shape index (κ1) is 22.2. The largest absolute Gasteiger partial charge is 0.490 e. The van der Waals surface area contributed by atoms with Gasteiger partial charge in [-0.15, -0.1) is 0 Å². The smallest absolute Gasteiger partial charge is 0.339 e. The summed E-state index contributed by atoms with van der Waals surface area (Å²) in [4.78, 5) is 25.6. The highest BCUT2D eigenvalue weighted by molar-refractivity contribution is 6.37. The number of hydrogen-bond acceptors (Lipinski definition) is 5. The number of carboxylic acids is 1. The summed E-state index contributed by atoms with van der Waals surface area (Å²) >= 11 is 6.82. The molecule has 0 spiro atoms. The van der Waals surface area contributed by atoms with Gasteiger partial charge in [-0.25, -0.2) is 4.79 Å². The topological polar surface area (TPSA) is 89.8 Å². The van der Waals surface area contributed by atoms with Crippen molar-refractivity contribution in [3.05, 3.63) is 57.5 Å². The SMILES string of the molecule is Cn1c(C(OC(C)(C)C)C(=O)O)c(-c2ccc3c(c2Cl)NCCO3)c2ccccc2c1=O. The Morgan fingerprint density at radius 3 is 2.56 bits per heavy atom. The number of anilines is 1. The second-order valence-corrected chi connectivity index (χ2v) is 9.07. The predicted molar refractivity (Wildman–Crippen MR) is 125 cm³/mol. The lowest BCUT2D eigenvalue weighted by molar-refractivity contribution is -0.161. The fraction of sp³-hybridized carbons (Fsp3) is 0.333. The van der Waals surface area contributed by atoms with Gasteiger partial charge in [0, 0.05) is 30.1 Å². The van der Waals surface area contributed by atoms with Crippen LogP contribution >= 0.6 is 11.6 Å². The summed E-state index contributed by atoms with van der Waals surface area (Å²) < 4.78 is 13.0. The third-order valence-corrected chi connectivity index (χ3v) is 5.72. The van der Waals surface area contributed by atoms with Crippen LogP contribution in [-0.2, 0) is 16.6 Å². The Bertz CT molecular complexity index is 1280. The van der Waals surface area contributed by atoms with Crippen LogP contribution in [0.4, 0.5) is 5.69 Å². The normalized spacial score (nSPS) is 14.4. The first-order chi connectivity index (χ1) is 15.1. The van der Waals surface area contributed by atoms with E-state index in [0.29, 0.717) is 51.5 Å². The van der Waals surface area contributed by atoms with Crippen LogP contribution in [0.2, 0.25) is 5.02 Å². The molecule has 0 bridgehead atoms. The Kier molecular flexibility index (Phi) is 5.65. The molecule has 1 aromatic heterocycles. The molecule has 2 N–H and O–H groups in total. The van der Waals surface area contributed by atoms with Gasteiger partial charge in [-0.1, -0.05) is 29.8 Å². The van der Waals surface area contributed by atoms with Gasteiger partial charge >= 0.3 is 5.97 Å². The first-order valence-corrected chi connectivity index (χ1v) is 10.7. The van der Waals surface area contributed by atoms with Gasteiger partial charge in [-0.2, -0.15) is 0 Å².